The average Bonchev–Trinajstić information content (AvgIpc) is 2.72. The van der Waals surface area contributed by atoms with Crippen LogP contribution in [-0.4, -0.2) is 14.8 Å². The molecule has 13 heavy (non-hydrogen) atoms. The molecule has 5 heteroatoms. The van der Waals surface area contributed by atoms with E-state index < -0.39 is 0 Å². The van der Waals surface area contributed by atoms with Gasteiger partial charge in [-0.05, 0) is 11.4 Å². The molecule has 0 amide bonds. The molecule has 4 nitrogen and oxygen atoms in total. The van der Waals surface area contributed by atoms with Gasteiger partial charge in [-0.25, -0.2) is 0 Å². The van der Waals surface area contributed by atoms with Crippen molar-refractivity contribution in [2.45, 2.75) is 13.2 Å². The smallest absolute Gasteiger partial charge is 0.164 e. The van der Waals surface area contributed by atoms with Crippen LogP contribution in [0, 0.1) is 0 Å². The zero-order chi connectivity index (χ0) is 8.67. The SMILES string of the molecule is c1cc2c(s1)-n1cnnc1COC2. The third-order valence-electron chi connectivity index (χ3n) is 2.05. The van der Waals surface area contributed by atoms with Gasteiger partial charge in [0.05, 0.1) is 6.61 Å². The minimum Gasteiger partial charge on any atom is -0.369 e. The van der Waals surface area contributed by atoms with Crippen molar-refractivity contribution in [1.29, 1.82) is 0 Å². The molecular weight excluding hydrogens is 186 g/mol. The number of nitrogens with zero attached hydrogens (tertiary/aromatic N) is 3. The van der Waals surface area contributed by atoms with E-state index in [0.29, 0.717) is 13.2 Å². The Morgan fingerprint density at radius 1 is 1.46 bits per heavy atom. The van der Waals surface area contributed by atoms with Crippen LogP contribution in [0.1, 0.15) is 11.4 Å². The van der Waals surface area contributed by atoms with Crippen LogP contribution in [0.15, 0.2) is 17.8 Å². The monoisotopic (exact) mass is 193 g/mol. The Morgan fingerprint density at radius 2 is 2.46 bits per heavy atom. The molecule has 0 saturated carbocycles. The molecule has 0 unspecified atom stereocenters. The number of thiophene rings is 1. The predicted molar refractivity (Wildman–Crippen MR) is 47.7 cm³/mol. The van der Waals surface area contributed by atoms with Gasteiger partial charge in [-0.1, -0.05) is 0 Å². The molecule has 3 rings (SSSR count). The first-order valence-electron chi connectivity index (χ1n) is 3.98. The lowest BCUT2D eigenvalue weighted by Crippen LogP contribution is -1.96. The zero-order valence-electron chi connectivity index (χ0n) is 6.80. The molecule has 0 aliphatic carbocycles. The Morgan fingerprint density at radius 3 is 3.46 bits per heavy atom. The van der Waals surface area contributed by atoms with Gasteiger partial charge in [0.2, 0.25) is 0 Å². The summed E-state index contributed by atoms with van der Waals surface area (Å²) in [6, 6.07) is 2.08. The highest BCUT2D eigenvalue weighted by molar-refractivity contribution is 7.12. The maximum Gasteiger partial charge on any atom is 0.164 e. The van der Waals surface area contributed by atoms with Crippen molar-refractivity contribution in [2.75, 3.05) is 0 Å². The van der Waals surface area contributed by atoms with Crippen molar-refractivity contribution < 1.29 is 4.74 Å². The quantitative estimate of drug-likeness (QED) is 0.634. The lowest BCUT2D eigenvalue weighted by molar-refractivity contribution is 0.105. The molecule has 0 bridgehead atoms. The standard InChI is InChI=1S/C8H7N3OS/c1-2-13-8-6(1)3-12-4-7-10-9-5-11(7)8/h1-2,5H,3-4H2. The van der Waals surface area contributed by atoms with E-state index in [1.54, 1.807) is 17.7 Å². The molecule has 0 N–H and O–H groups in total. The van der Waals surface area contributed by atoms with Gasteiger partial charge in [0.1, 0.15) is 17.9 Å². The fraction of sp³-hybridized carbons (Fsp3) is 0.250. The van der Waals surface area contributed by atoms with E-state index in [0.717, 1.165) is 5.82 Å². The van der Waals surface area contributed by atoms with Crippen molar-refractivity contribution in [3.8, 4) is 5.00 Å². The van der Waals surface area contributed by atoms with E-state index in [-0.39, 0.29) is 0 Å². The minimum absolute atomic E-state index is 0.543. The van der Waals surface area contributed by atoms with Crippen LogP contribution >= 0.6 is 11.3 Å². The van der Waals surface area contributed by atoms with Gasteiger partial charge in [0.25, 0.3) is 0 Å². The second-order valence-electron chi connectivity index (χ2n) is 2.86. The zero-order valence-corrected chi connectivity index (χ0v) is 7.62. The third-order valence-corrected chi connectivity index (χ3v) is 3.00. The summed E-state index contributed by atoms with van der Waals surface area (Å²) >= 11 is 1.69. The van der Waals surface area contributed by atoms with Gasteiger partial charge in [0, 0.05) is 5.56 Å². The second-order valence-corrected chi connectivity index (χ2v) is 3.76. The summed E-state index contributed by atoms with van der Waals surface area (Å²) in [5, 5.41) is 11.1. The summed E-state index contributed by atoms with van der Waals surface area (Å²) in [7, 11) is 0. The highest BCUT2D eigenvalue weighted by atomic mass is 32.1. The van der Waals surface area contributed by atoms with Gasteiger partial charge < -0.3 is 4.74 Å². The summed E-state index contributed by atoms with van der Waals surface area (Å²) in [6.07, 6.45) is 1.74. The molecule has 2 aromatic heterocycles. The van der Waals surface area contributed by atoms with E-state index in [1.807, 2.05) is 4.57 Å². The number of ether oxygens (including phenoxy) is 1. The molecule has 1 aliphatic heterocycles. The van der Waals surface area contributed by atoms with Crippen molar-refractivity contribution in [3.63, 3.8) is 0 Å². The number of fused-ring (bicyclic) bond motifs is 3. The van der Waals surface area contributed by atoms with Gasteiger partial charge >= 0.3 is 0 Å². The van der Waals surface area contributed by atoms with Crippen molar-refractivity contribution in [3.05, 3.63) is 29.2 Å². The molecule has 0 aromatic carbocycles. The van der Waals surface area contributed by atoms with Crippen LogP contribution in [0.2, 0.25) is 0 Å². The van der Waals surface area contributed by atoms with Crippen LogP contribution in [0.25, 0.3) is 5.00 Å². The summed E-state index contributed by atoms with van der Waals surface area (Å²) in [5.74, 6) is 0.876. The first-order chi connectivity index (χ1) is 6.45. The number of aromatic nitrogens is 3. The van der Waals surface area contributed by atoms with E-state index in [1.165, 1.54) is 10.6 Å². The number of rotatable bonds is 0. The Hall–Kier alpha value is -1.20. The van der Waals surface area contributed by atoms with Crippen LogP contribution in [0.3, 0.4) is 0 Å². The second kappa shape index (κ2) is 2.65. The lowest BCUT2D eigenvalue weighted by atomic mass is 10.3. The van der Waals surface area contributed by atoms with Crippen molar-refractivity contribution in [2.24, 2.45) is 0 Å². The van der Waals surface area contributed by atoms with Gasteiger partial charge in [-0.3, -0.25) is 4.57 Å². The summed E-state index contributed by atoms with van der Waals surface area (Å²) < 4.78 is 7.44. The van der Waals surface area contributed by atoms with Crippen LogP contribution < -0.4 is 0 Å². The molecule has 0 fully saturated rings. The molecule has 3 heterocycles. The maximum atomic E-state index is 5.45. The molecule has 1 aliphatic rings. The highest BCUT2D eigenvalue weighted by Crippen LogP contribution is 2.26. The van der Waals surface area contributed by atoms with E-state index in [2.05, 4.69) is 21.6 Å². The molecule has 2 aromatic rings. The summed E-state index contributed by atoms with van der Waals surface area (Å²) in [4.78, 5) is 0. The minimum atomic E-state index is 0.543. The molecular formula is C8H7N3OS. The molecule has 0 atom stereocenters. The van der Waals surface area contributed by atoms with E-state index >= 15 is 0 Å². The Kier molecular flexibility index (Phi) is 1.47. The van der Waals surface area contributed by atoms with E-state index in [4.69, 9.17) is 4.74 Å². The van der Waals surface area contributed by atoms with Gasteiger partial charge in [0.15, 0.2) is 5.82 Å². The molecule has 0 spiro atoms. The lowest BCUT2D eigenvalue weighted by Gasteiger charge is -1.98. The molecule has 0 radical (unpaired) electrons. The Bertz CT molecular complexity index is 394. The Labute approximate surface area is 78.8 Å². The van der Waals surface area contributed by atoms with Crippen LogP contribution in [0.4, 0.5) is 0 Å². The fourth-order valence-electron chi connectivity index (χ4n) is 1.43. The first kappa shape index (κ1) is 7.23. The average molecular weight is 193 g/mol. The molecule has 66 valence electrons. The Balaban J connectivity index is 2.27. The summed E-state index contributed by atoms with van der Waals surface area (Å²) in [6.45, 7) is 1.21. The normalized spacial score (nSPS) is 14.8. The van der Waals surface area contributed by atoms with Crippen molar-refractivity contribution in [1.82, 2.24) is 14.8 Å². The fourth-order valence-corrected chi connectivity index (χ4v) is 2.33. The number of hydrogen-bond donors (Lipinski definition) is 0. The largest absolute Gasteiger partial charge is 0.369 e. The molecule has 0 saturated heterocycles. The van der Waals surface area contributed by atoms with Gasteiger partial charge in [-0.15, -0.1) is 21.5 Å². The topological polar surface area (TPSA) is 39.9 Å². The van der Waals surface area contributed by atoms with E-state index in [9.17, 15) is 0 Å². The maximum absolute atomic E-state index is 5.45. The van der Waals surface area contributed by atoms with Crippen molar-refractivity contribution >= 4 is 11.3 Å². The predicted octanol–water partition coefficient (Wildman–Crippen LogP) is 1.36. The third kappa shape index (κ3) is 1.01. The first-order valence-corrected chi connectivity index (χ1v) is 4.86. The van der Waals surface area contributed by atoms with Crippen LogP contribution in [0.5, 0.6) is 0 Å². The summed E-state index contributed by atoms with van der Waals surface area (Å²) in [5.41, 5.74) is 1.21. The van der Waals surface area contributed by atoms with Crippen LogP contribution in [-0.2, 0) is 18.0 Å². The highest BCUT2D eigenvalue weighted by Gasteiger charge is 2.15. The van der Waals surface area contributed by atoms with Gasteiger partial charge in [-0.2, -0.15) is 0 Å². The number of hydrogen-bond acceptors (Lipinski definition) is 4.